The summed E-state index contributed by atoms with van der Waals surface area (Å²) in [4.78, 5) is 9.56. The molecule has 8 nitrogen and oxygen atoms in total. The molecular formula is C14H16N4O4S. The van der Waals surface area contributed by atoms with Crippen LogP contribution in [0.15, 0.2) is 30.6 Å². The summed E-state index contributed by atoms with van der Waals surface area (Å²) in [6.07, 6.45) is 1.63. The van der Waals surface area contributed by atoms with Gasteiger partial charge in [0.05, 0.1) is 17.4 Å². The molecule has 0 aliphatic rings. The molecule has 2 aromatic heterocycles. The number of rotatable bonds is 5. The molecule has 0 spiro atoms. The van der Waals surface area contributed by atoms with Gasteiger partial charge >= 0.3 is 10.3 Å². The summed E-state index contributed by atoms with van der Waals surface area (Å²) in [5.41, 5.74) is 1.64. The molecular weight excluding hydrogens is 320 g/mol. The van der Waals surface area contributed by atoms with Crippen molar-refractivity contribution in [3.8, 4) is 5.88 Å². The maximum Gasteiger partial charge on any atom is 0.406 e. The fraction of sp³-hybridized carbons (Fsp3) is 0.286. The number of para-hydroxylation sites is 1. The van der Waals surface area contributed by atoms with Crippen LogP contribution in [0.5, 0.6) is 5.88 Å². The summed E-state index contributed by atoms with van der Waals surface area (Å²) in [7, 11) is -4.35. The van der Waals surface area contributed by atoms with E-state index in [1.165, 1.54) is 0 Å². The van der Waals surface area contributed by atoms with Gasteiger partial charge in [-0.2, -0.15) is 8.42 Å². The molecule has 122 valence electrons. The highest BCUT2D eigenvalue weighted by Crippen LogP contribution is 2.30. The van der Waals surface area contributed by atoms with Gasteiger partial charge in [-0.25, -0.2) is 9.97 Å². The summed E-state index contributed by atoms with van der Waals surface area (Å²) in [6.45, 7) is 4.87. The Hall–Kier alpha value is -2.23. The van der Waals surface area contributed by atoms with Crippen LogP contribution in [0.3, 0.4) is 0 Å². The van der Waals surface area contributed by atoms with Crippen molar-refractivity contribution in [1.82, 2.24) is 19.4 Å². The maximum absolute atomic E-state index is 11.5. The largest absolute Gasteiger partial charge is 0.406 e. The highest BCUT2D eigenvalue weighted by atomic mass is 32.2. The van der Waals surface area contributed by atoms with Gasteiger partial charge in [0, 0.05) is 11.9 Å². The van der Waals surface area contributed by atoms with Crippen molar-refractivity contribution in [2.24, 2.45) is 5.92 Å². The summed E-state index contributed by atoms with van der Waals surface area (Å²) >= 11 is 0. The molecule has 0 aliphatic carbocycles. The van der Waals surface area contributed by atoms with Crippen molar-refractivity contribution >= 4 is 32.2 Å². The number of hydrogen-bond donors (Lipinski definition) is 2. The van der Waals surface area contributed by atoms with Gasteiger partial charge in [-0.3, -0.25) is 5.21 Å². The minimum Gasteiger partial charge on any atom is -0.346 e. The zero-order valence-electron chi connectivity index (χ0n) is 12.6. The molecule has 3 aromatic rings. The van der Waals surface area contributed by atoms with Gasteiger partial charge < -0.3 is 8.75 Å². The summed E-state index contributed by atoms with van der Waals surface area (Å²) in [5, 5.41) is 9.50. The third-order valence-corrected chi connectivity index (χ3v) is 3.88. The highest BCUT2D eigenvalue weighted by Gasteiger charge is 2.20. The first-order valence-corrected chi connectivity index (χ1v) is 8.41. The van der Waals surface area contributed by atoms with Gasteiger partial charge in [0.25, 0.3) is 5.88 Å². The quantitative estimate of drug-likeness (QED) is 0.689. The lowest BCUT2D eigenvalue weighted by atomic mass is 10.1. The predicted molar refractivity (Wildman–Crippen MR) is 84.3 cm³/mol. The van der Waals surface area contributed by atoms with Gasteiger partial charge in [0.15, 0.2) is 5.52 Å². The van der Waals surface area contributed by atoms with E-state index >= 15 is 0 Å². The molecule has 0 aliphatic heterocycles. The Kier molecular flexibility index (Phi) is 3.92. The zero-order chi connectivity index (χ0) is 16.6. The first-order valence-electron chi connectivity index (χ1n) is 7.00. The van der Waals surface area contributed by atoms with E-state index in [4.69, 9.17) is 9.39 Å². The Morgan fingerprint density at radius 3 is 2.78 bits per heavy atom. The number of imidazole rings is 1. The van der Waals surface area contributed by atoms with Crippen molar-refractivity contribution in [3.63, 3.8) is 0 Å². The Morgan fingerprint density at radius 2 is 2.09 bits per heavy atom. The molecule has 0 saturated carbocycles. The molecule has 2 heterocycles. The molecule has 0 unspecified atom stereocenters. The normalized spacial score (nSPS) is 12.3. The number of aromatic nitrogens is 3. The third kappa shape index (κ3) is 2.98. The average Bonchev–Trinajstić information content (AvgIpc) is 2.91. The standard InChI is InChI=1S/C14H16N4O4S/c1-9(2)7-18-8-15-12-13(18)10-5-3-4-6-11(10)16-14(12)22-23(20,21)17-19/h3-6,8-9,17,19H,7H2,1-2H3. The Labute approximate surface area is 132 Å². The minimum atomic E-state index is -4.35. The van der Waals surface area contributed by atoms with Crippen LogP contribution in [0.4, 0.5) is 0 Å². The van der Waals surface area contributed by atoms with Crippen LogP contribution in [0.25, 0.3) is 21.9 Å². The average molecular weight is 336 g/mol. The van der Waals surface area contributed by atoms with Crippen molar-refractivity contribution in [2.45, 2.75) is 20.4 Å². The van der Waals surface area contributed by atoms with Gasteiger partial charge in [0.1, 0.15) is 0 Å². The molecule has 0 amide bonds. The van der Waals surface area contributed by atoms with E-state index in [2.05, 4.69) is 23.8 Å². The van der Waals surface area contributed by atoms with Crippen molar-refractivity contribution in [3.05, 3.63) is 30.6 Å². The van der Waals surface area contributed by atoms with Crippen LogP contribution in [0.1, 0.15) is 13.8 Å². The first-order chi connectivity index (χ1) is 10.9. The summed E-state index contributed by atoms with van der Waals surface area (Å²) < 4.78 is 29.7. The maximum atomic E-state index is 11.5. The Balaban J connectivity index is 2.30. The topological polar surface area (TPSA) is 106 Å². The second-order valence-corrected chi connectivity index (χ2v) is 6.81. The zero-order valence-corrected chi connectivity index (χ0v) is 13.4. The molecule has 23 heavy (non-hydrogen) atoms. The number of benzene rings is 1. The fourth-order valence-corrected chi connectivity index (χ4v) is 2.83. The number of nitrogens with zero attached hydrogens (tertiary/aromatic N) is 3. The molecule has 0 saturated heterocycles. The van der Waals surface area contributed by atoms with Gasteiger partial charge in [-0.15, -0.1) is 0 Å². The van der Waals surface area contributed by atoms with E-state index in [-0.39, 0.29) is 5.88 Å². The lowest BCUT2D eigenvalue weighted by molar-refractivity contribution is 0.228. The summed E-state index contributed by atoms with van der Waals surface area (Å²) in [5.74, 6) is 0.203. The van der Waals surface area contributed by atoms with Gasteiger partial charge in [0.2, 0.25) is 0 Å². The predicted octanol–water partition coefficient (Wildman–Crippen LogP) is 1.84. The van der Waals surface area contributed by atoms with Crippen LogP contribution >= 0.6 is 0 Å². The Bertz CT molecular complexity index is 965. The molecule has 2 N–H and O–H groups in total. The molecule has 0 fully saturated rings. The number of nitrogens with one attached hydrogen (secondary N) is 1. The molecule has 0 radical (unpaired) electrons. The SMILES string of the molecule is CC(C)Cn1cnc2c(OS(=O)(=O)NO)nc3ccccc3c21. The van der Waals surface area contributed by atoms with Gasteiger partial charge in [-0.1, -0.05) is 36.9 Å². The van der Waals surface area contributed by atoms with E-state index in [0.29, 0.717) is 17.0 Å². The van der Waals surface area contributed by atoms with E-state index in [1.807, 2.05) is 16.7 Å². The molecule has 0 atom stereocenters. The number of pyridine rings is 1. The van der Waals surface area contributed by atoms with Crippen LogP contribution in [0, 0.1) is 5.92 Å². The molecule has 0 bridgehead atoms. The lowest BCUT2D eigenvalue weighted by Crippen LogP contribution is -2.25. The minimum absolute atomic E-state index is 0.178. The first kappa shape index (κ1) is 15.7. The van der Waals surface area contributed by atoms with E-state index in [0.717, 1.165) is 22.3 Å². The van der Waals surface area contributed by atoms with E-state index in [1.54, 1.807) is 18.5 Å². The second kappa shape index (κ2) is 5.76. The van der Waals surface area contributed by atoms with Crippen molar-refractivity contribution in [1.29, 1.82) is 0 Å². The van der Waals surface area contributed by atoms with E-state index in [9.17, 15) is 8.42 Å². The molecule has 1 aromatic carbocycles. The smallest absolute Gasteiger partial charge is 0.346 e. The summed E-state index contributed by atoms with van der Waals surface area (Å²) in [6, 6.07) is 7.33. The highest BCUT2D eigenvalue weighted by molar-refractivity contribution is 7.84. The van der Waals surface area contributed by atoms with E-state index < -0.39 is 10.3 Å². The number of fused-ring (bicyclic) bond motifs is 3. The molecule has 9 heteroatoms. The Morgan fingerprint density at radius 1 is 1.35 bits per heavy atom. The second-order valence-electron chi connectivity index (χ2n) is 5.55. The van der Waals surface area contributed by atoms with Crippen LogP contribution in [-0.2, 0) is 16.8 Å². The monoisotopic (exact) mass is 336 g/mol. The van der Waals surface area contributed by atoms with Crippen LogP contribution in [0.2, 0.25) is 0 Å². The van der Waals surface area contributed by atoms with Crippen LogP contribution < -0.4 is 9.07 Å². The van der Waals surface area contributed by atoms with Gasteiger partial charge in [-0.05, 0) is 12.0 Å². The molecule has 3 rings (SSSR count). The number of hydrogen-bond acceptors (Lipinski definition) is 6. The van der Waals surface area contributed by atoms with Crippen LogP contribution in [-0.4, -0.2) is 28.2 Å². The third-order valence-electron chi connectivity index (χ3n) is 3.28. The lowest BCUT2D eigenvalue weighted by Gasteiger charge is -2.10. The van der Waals surface area contributed by atoms with Crippen molar-refractivity contribution in [2.75, 3.05) is 0 Å². The fourth-order valence-electron chi connectivity index (χ4n) is 2.47. The van der Waals surface area contributed by atoms with Crippen molar-refractivity contribution < 1.29 is 17.8 Å².